The van der Waals surface area contributed by atoms with Crippen molar-refractivity contribution < 1.29 is 13.2 Å². The average molecular weight is 473 g/mol. The highest BCUT2D eigenvalue weighted by atomic mass is 35.5. The third kappa shape index (κ3) is 4.53. The van der Waals surface area contributed by atoms with E-state index in [1.165, 1.54) is 35.6 Å². The SMILES string of the molecule is Cc1cc(C)nc(NS(=O)(=O)c2ccc(NC(=O)c3sc4ccccc4c3Cl)cc2)n1. The van der Waals surface area contributed by atoms with Gasteiger partial charge in [0.15, 0.2) is 0 Å². The van der Waals surface area contributed by atoms with Gasteiger partial charge >= 0.3 is 0 Å². The van der Waals surface area contributed by atoms with E-state index in [-0.39, 0.29) is 16.8 Å². The number of carbonyl (C=O) groups excluding carboxylic acids is 1. The summed E-state index contributed by atoms with van der Waals surface area (Å²) in [6.45, 7) is 3.51. The molecule has 0 saturated heterocycles. The van der Waals surface area contributed by atoms with E-state index in [2.05, 4.69) is 20.0 Å². The Morgan fingerprint density at radius 3 is 2.29 bits per heavy atom. The van der Waals surface area contributed by atoms with Gasteiger partial charge in [0.1, 0.15) is 4.88 Å². The molecule has 2 aromatic carbocycles. The lowest BCUT2D eigenvalue weighted by Crippen LogP contribution is -2.16. The Labute approximate surface area is 188 Å². The fourth-order valence-corrected chi connectivity index (χ4v) is 5.37. The molecule has 2 aromatic heterocycles. The molecule has 0 aliphatic heterocycles. The second kappa shape index (κ2) is 8.26. The number of nitrogens with one attached hydrogen (secondary N) is 2. The zero-order valence-electron chi connectivity index (χ0n) is 16.5. The number of carbonyl (C=O) groups is 1. The van der Waals surface area contributed by atoms with Crippen molar-refractivity contribution in [2.24, 2.45) is 0 Å². The number of rotatable bonds is 5. The highest BCUT2D eigenvalue weighted by Crippen LogP contribution is 2.35. The van der Waals surface area contributed by atoms with E-state index in [1.807, 2.05) is 24.3 Å². The Bertz CT molecular complexity index is 1380. The minimum atomic E-state index is -3.88. The van der Waals surface area contributed by atoms with Crippen LogP contribution in [0, 0.1) is 13.8 Å². The van der Waals surface area contributed by atoms with Crippen molar-refractivity contribution in [2.45, 2.75) is 18.7 Å². The molecule has 0 aliphatic rings. The van der Waals surface area contributed by atoms with Crippen molar-refractivity contribution >= 4 is 60.6 Å². The third-order valence-electron chi connectivity index (χ3n) is 4.37. The molecule has 0 radical (unpaired) electrons. The number of nitrogens with zero attached hydrogens (tertiary/aromatic N) is 2. The molecule has 2 N–H and O–H groups in total. The lowest BCUT2D eigenvalue weighted by molar-refractivity contribution is 0.103. The molecule has 0 bridgehead atoms. The van der Waals surface area contributed by atoms with Crippen molar-refractivity contribution in [2.75, 3.05) is 10.0 Å². The molecule has 0 saturated carbocycles. The number of halogens is 1. The zero-order valence-corrected chi connectivity index (χ0v) is 18.9. The van der Waals surface area contributed by atoms with Gasteiger partial charge in [0, 0.05) is 27.2 Å². The summed E-state index contributed by atoms with van der Waals surface area (Å²) < 4.78 is 28.5. The summed E-state index contributed by atoms with van der Waals surface area (Å²) in [7, 11) is -3.88. The number of aryl methyl sites for hydroxylation is 2. The highest BCUT2D eigenvalue weighted by Gasteiger charge is 2.19. The number of anilines is 2. The number of benzene rings is 2. The second-order valence-corrected chi connectivity index (χ2v) is 9.91. The van der Waals surface area contributed by atoms with Gasteiger partial charge in [-0.25, -0.2) is 23.1 Å². The zero-order chi connectivity index (χ0) is 22.2. The van der Waals surface area contributed by atoms with Crippen LogP contribution in [0.15, 0.2) is 59.5 Å². The molecular weight excluding hydrogens is 456 g/mol. The van der Waals surface area contributed by atoms with Crippen LogP contribution < -0.4 is 10.0 Å². The summed E-state index contributed by atoms with van der Waals surface area (Å²) in [5.41, 5.74) is 1.76. The van der Waals surface area contributed by atoms with Gasteiger partial charge in [0.05, 0.1) is 9.92 Å². The molecule has 0 unspecified atom stereocenters. The first-order valence-corrected chi connectivity index (χ1v) is 11.8. The first-order valence-electron chi connectivity index (χ1n) is 9.16. The van der Waals surface area contributed by atoms with Crippen LogP contribution in [-0.4, -0.2) is 24.3 Å². The molecule has 4 rings (SSSR count). The van der Waals surface area contributed by atoms with E-state index >= 15 is 0 Å². The maximum atomic E-state index is 12.7. The topological polar surface area (TPSA) is 101 Å². The maximum Gasteiger partial charge on any atom is 0.267 e. The number of thiophene rings is 1. The van der Waals surface area contributed by atoms with Crippen molar-refractivity contribution in [1.82, 2.24) is 9.97 Å². The third-order valence-corrected chi connectivity index (χ3v) is 7.39. The summed E-state index contributed by atoms with van der Waals surface area (Å²) in [6.07, 6.45) is 0. The van der Waals surface area contributed by atoms with Gasteiger partial charge in [0.2, 0.25) is 5.95 Å². The molecule has 10 heteroatoms. The molecule has 0 aliphatic carbocycles. The van der Waals surface area contributed by atoms with Crippen LogP contribution in [0.2, 0.25) is 5.02 Å². The molecule has 0 fully saturated rings. The molecule has 4 aromatic rings. The van der Waals surface area contributed by atoms with Crippen LogP contribution in [0.3, 0.4) is 0 Å². The van der Waals surface area contributed by atoms with Crippen LogP contribution >= 0.6 is 22.9 Å². The summed E-state index contributed by atoms with van der Waals surface area (Å²) in [5.74, 6) is -0.349. The predicted octanol–water partition coefficient (Wildman–Crippen LogP) is 5.01. The number of hydrogen-bond donors (Lipinski definition) is 2. The Morgan fingerprint density at radius 1 is 1.00 bits per heavy atom. The van der Waals surface area contributed by atoms with E-state index in [0.29, 0.717) is 27.0 Å². The van der Waals surface area contributed by atoms with Crippen LogP contribution in [-0.2, 0) is 10.0 Å². The van der Waals surface area contributed by atoms with Crippen LogP contribution in [0.4, 0.5) is 11.6 Å². The van der Waals surface area contributed by atoms with Gasteiger partial charge in [-0.05, 0) is 50.2 Å². The van der Waals surface area contributed by atoms with E-state index in [9.17, 15) is 13.2 Å². The van der Waals surface area contributed by atoms with Gasteiger partial charge in [-0.15, -0.1) is 11.3 Å². The van der Waals surface area contributed by atoms with Crippen LogP contribution in [0.25, 0.3) is 10.1 Å². The largest absolute Gasteiger partial charge is 0.321 e. The summed E-state index contributed by atoms with van der Waals surface area (Å²) >= 11 is 7.65. The van der Waals surface area contributed by atoms with Crippen molar-refractivity contribution in [3.05, 3.63) is 75.9 Å². The fourth-order valence-electron chi connectivity index (χ4n) is 3.02. The van der Waals surface area contributed by atoms with E-state index < -0.39 is 10.0 Å². The number of fused-ring (bicyclic) bond motifs is 1. The van der Waals surface area contributed by atoms with Gasteiger partial charge in [-0.1, -0.05) is 29.8 Å². The average Bonchev–Trinajstić information content (AvgIpc) is 3.04. The van der Waals surface area contributed by atoms with Crippen molar-refractivity contribution in [1.29, 1.82) is 0 Å². The predicted molar refractivity (Wildman–Crippen MR) is 124 cm³/mol. The number of sulfonamides is 1. The van der Waals surface area contributed by atoms with E-state index in [0.717, 1.165) is 10.1 Å². The Hall–Kier alpha value is -3.01. The minimum absolute atomic E-state index is 0.00860. The highest BCUT2D eigenvalue weighted by molar-refractivity contribution is 7.92. The van der Waals surface area contributed by atoms with Gasteiger partial charge in [0.25, 0.3) is 15.9 Å². The summed E-state index contributed by atoms with van der Waals surface area (Å²) in [6, 6.07) is 15.1. The molecule has 31 heavy (non-hydrogen) atoms. The number of hydrogen-bond acceptors (Lipinski definition) is 6. The van der Waals surface area contributed by atoms with Crippen molar-refractivity contribution in [3.63, 3.8) is 0 Å². The first-order chi connectivity index (χ1) is 14.7. The Balaban J connectivity index is 1.52. The molecular formula is C21H17ClN4O3S2. The quantitative estimate of drug-likeness (QED) is 0.425. The lowest BCUT2D eigenvalue weighted by Gasteiger charge is -2.09. The normalized spacial score (nSPS) is 11.5. The second-order valence-electron chi connectivity index (χ2n) is 6.80. The standard InChI is InChI=1S/C21H17ClN4O3S2/c1-12-11-13(2)24-21(23-12)26-31(28,29)15-9-7-14(8-10-15)25-20(27)19-18(22)16-5-3-4-6-17(16)30-19/h3-11H,1-2H3,(H,25,27)(H,23,24,26). The lowest BCUT2D eigenvalue weighted by atomic mass is 10.2. The molecule has 0 spiro atoms. The van der Waals surface area contributed by atoms with E-state index in [4.69, 9.17) is 11.6 Å². The minimum Gasteiger partial charge on any atom is -0.321 e. The van der Waals surface area contributed by atoms with E-state index in [1.54, 1.807) is 19.9 Å². The van der Waals surface area contributed by atoms with Crippen LogP contribution in [0.5, 0.6) is 0 Å². The van der Waals surface area contributed by atoms with Gasteiger partial charge < -0.3 is 5.32 Å². The summed E-state index contributed by atoms with van der Waals surface area (Å²) in [4.78, 5) is 21.3. The molecule has 7 nitrogen and oxygen atoms in total. The summed E-state index contributed by atoms with van der Waals surface area (Å²) in [5, 5.41) is 3.97. The smallest absolute Gasteiger partial charge is 0.267 e. The van der Waals surface area contributed by atoms with Gasteiger partial charge in [-0.3, -0.25) is 4.79 Å². The fraction of sp³-hybridized carbons (Fsp3) is 0.0952. The molecule has 2 heterocycles. The number of amides is 1. The van der Waals surface area contributed by atoms with Gasteiger partial charge in [-0.2, -0.15) is 0 Å². The Morgan fingerprint density at radius 2 is 1.65 bits per heavy atom. The maximum absolute atomic E-state index is 12.7. The van der Waals surface area contributed by atoms with Crippen LogP contribution in [0.1, 0.15) is 21.1 Å². The first kappa shape index (κ1) is 21.2. The monoisotopic (exact) mass is 472 g/mol. The molecule has 0 atom stereocenters. The molecule has 158 valence electrons. The molecule has 1 amide bonds. The number of aromatic nitrogens is 2. The Kier molecular flexibility index (Phi) is 5.65. The van der Waals surface area contributed by atoms with Crippen molar-refractivity contribution in [3.8, 4) is 0 Å².